The summed E-state index contributed by atoms with van der Waals surface area (Å²) in [6.45, 7) is 4.06. The minimum atomic E-state index is -0.625. The summed E-state index contributed by atoms with van der Waals surface area (Å²) in [5.74, 6) is -0.314. The molecule has 3 aliphatic rings. The van der Waals surface area contributed by atoms with Crippen LogP contribution in [0.15, 0.2) is 11.6 Å². The molecule has 0 aromatic carbocycles. The zero-order chi connectivity index (χ0) is 32.4. The van der Waals surface area contributed by atoms with Gasteiger partial charge in [-0.25, -0.2) is 4.79 Å². The van der Waals surface area contributed by atoms with Crippen LogP contribution >= 0.6 is 0 Å². The number of ether oxygens (including phenoxy) is 3. The van der Waals surface area contributed by atoms with E-state index in [4.69, 9.17) is 14.2 Å². The minimum Gasteiger partial charge on any atom is -0.455 e. The fourth-order valence-corrected chi connectivity index (χ4v) is 7.30. The summed E-state index contributed by atoms with van der Waals surface area (Å²) in [6, 6.07) is 0. The van der Waals surface area contributed by atoms with Gasteiger partial charge in [-0.1, -0.05) is 90.4 Å². The maximum Gasteiger partial charge on any atom is 0.334 e. The van der Waals surface area contributed by atoms with Crippen LogP contribution in [-0.2, 0) is 19.0 Å². The van der Waals surface area contributed by atoms with E-state index in [1.54, 1.807) is 6.08 Å². The van der Waals surface area contributed by atoms with E-state index < -0.39 is 24.4 Å². The number of carbonyl (C=O) groups excluding carboxylic acids is 1. The van der Waals surface area contributed by atoms with Crippen LogP contribution in [0.5, 0.6) is 0 Å². The first kappa shape index (κ1) is 38.4. The van der Waals surface area contributed by atoms with Crippen molar-refractivity contribution in [2.24, 2.45) is 0 Å². The Morgan fingerprint density at radius 2 is 1.29 bits per heavy atom. The third-order valence-corrected chi connectivity index (χ3v) is 10.1. The molecule has 3 aliphatic heterocycles. The van der Waals surface area contributed by atoms with Crippen LogP contribution in [0.2, 0.25) is 0 Å². The Labute approximate surface area is 273 Å². The molecule has 3 rings (SSSR count). The van der Waals surface area contributed by atoms with Crippen LogP contribution in [-0.4, -0.2) is 81.3 Å². The first-order valence-electron chi connectivity index (χ1n) is 18.7. The number of aliphatic hydroxyl groups is 4. The van der Waals surface area contributed by atoms with Crippen molar-refractivity contribution in [2.45, 2.75) is 216 Å². The van der Waals surface area contributed by atoms with E-state index >= 15 is 0 Å². The van der Waals surface area contributed by atoms with Crippen LogP contribution in [0, 0.1) is 0 Å². The highest BCUT2D eigenvalue weighted by molar-refractivity contribution is 5.90. The lowest BCUT2D eigenvalue weighted by Gasteiger charge is -2.23. The molecule has 8 nitrogen and oxygen atoms in total. The highest BCUT2D eigenvalue weighted by Gasteiger charge is 2.39. The molecule has 2 fully saturated rings. The molecule has 0 amide bonds. The van der Waals surface area contributed by atoms with E-state index in [0.29, 0.717) is 37.7 Å². The predicted molar refractivity (Wildman–Crippen MR) is 177 cm³/mol. The molecular weight excluding hydrogens is 572 g/mol. The largest absolute Gasteiger partial charge is 0.455 e. The van der Waals surface area contributed by atoms with Crippen molar-refractivity contribution in [2.75, 3.05) is 0 Å². The Kier molecular flexibility index (Phi) is 18.6. The summed E-state index contributed by atoms with van der Waals surface area (Å²) in [7, 11) is 0. The summed E-state index contributed by atoms with van der Waals surface area (Å²) in [4.78, 5) is 11.7. The Bertz CT molecular complexity index is 833. The lowest BCUT2D eigenvalue weighted by Crippen LogP contribution is -2.31. The quantitative estimate of drug-likeness (QED) is 0.0634. The number of hydrogen-bond donors (Lipinski definition) is 4. The lowest BCUT2D eigenvalue weighted by atomic mass is 9.99. The van der Waals surface area contributed by atoms with E-state index in [9.17, 15) is 25.2 Å². The maximum absolute atomic E-state index is 11.7. The lowest BCUT2D eigenvalue weighted by molar-refractivity contribution is -0.139. The Morgan fingerprint density at radius 1 is 0.711 bits per heavy atom. The molecule has 0 aromatic heterocycles. The van der Waals surface area contributed by atoms with Gasteiger partial charge in [0.2, 0.25) is 0 Å². The summed E-state index contributed by atoms with van der Waals surface area (Å²) < 4.78 is 17.7. The molecule has 8 heteroatoms. The van der Waals surface area contributed by atoms with E-state index in [0.717, 1.165) is 77.0 Å². The monoisotopic (exact) mass is 638 g/mol. The second-order valence-corrected chi connectivity index (χ2v) is 14.2. The number of esters is 1. The minimum absolute atomic E-state index is 0.0532. The maximum atomic E-state index is 11.7. The first-order chi connectivity index (χ1) is 21.8. The van der Waals surface area contributed by atoms with Crippen LogP contribution in [0.1, 0.15) is 162 Å². The number of carbonyl (C=O) groups is 1. The molecule has 9 atom stereocenters. The number of cyclic esters (lactones) is 1. The first-order valence-corrected chi connectivity index (χ1v) is 18.7. The molecule has 262 valence electrons. The topological polar surface area (TPSA) is 126 Å². The van der Waals surface area contributed by atoms with Gasteiger partial charge < -0.3 is 34.6 Å². The summed E-state index contributed by atoms with van der Waals surface area (Å²) in [5.41, 5.74) is 0.575. The van der Waals surface area contributed by atoms with Gasteiger partial charge in [0.05, 0.1) is 48.8 Å². The number of aliphatic hydroxyl groups excluding tert-OH is 4. The number of unbranched alkanes of at least 4 members (excludes halogenated alkanes) is 10. The molecule has 0 aliphatic carbocycles. The van der Waals surface area contributed by atoms with Gasteiger partial charge in [0.15, 0.2) is 0 Å². The van der Waals surface area contributed by atoms with Gasteiger partial charge >= 0.3 is 5.97 Å². The highest BCUT2D eigenvalue weighted by atomic mass is 16.6. The van der Waals surface area contributed by atoms with Gasteiger partial charge in [-0.05, 0) is 70.8 Å². The van der Waals surface area contributed by atoms with E-state index in [-0.39, 0.29) is 36.5 Å². The van der Waals surface area contributed by atoms with Crippen molar-refractivity contribution in [1.82, 2.24) is 0 Å². The Hall–Kier alpha value is -1.03. The fraction of sp³-hybridized carbons (Fsp3) is 0.919. The summed E-state index contributed by atoms with van der Waals surface area (Å²) >= 11 is 0. The van der Waals surface area contributed by atoms with Gasteiger partial charge in [0, 0.05) is 12.0 Å². The van der Waals surface area contributed by atoms with Crippen LogP contribution in [0.3, 0.4) is 0 Å². The van der Waals surface area contributed by atoms with Crippen molar-refractivity contribution >= 4 is 5.97 Å². The van der Waals surface area contributed by atoms with Crippen molar-refractivity contribution in [3.8, 4) is 0 Å². The molecule has 0 radical (unpaired) electrons. The molecule has 0 aromatic rings. The SMILES string of the molecule is CCCCCCCCCC[C@H](O)[C@H](O)CCCC[C@H]1CC[C@H]([C@H]2CC[C@H]([C@H](O)CCCCC[C@@H](O)CC3=C[C@H](C)OC3=O)O2)O1. The predicted octanol–water partition coefficient (Wildman–Crippen LogP) is 6.83. The summed E-state index contributed by atoms with van der Waals surface area (Å²) in [6.07, 6.45) is 21.9. The average Bonchev–Trinajstić information content (AvgIpc) is 3.76. The molecule has 4 N–H and O–H groups in total. The van der Waals surface area contributed by atoms with Gasteiger partial charge in [-0.2, -0.15) is 0 Å². The number of hydrogen-bond acceptors (Lipinski definition) is 8. The zero-order valence-electron chi connectivity index (χ0n) is 28.5. The van der Waals surface area contributed by atoms with Crippen molar-refractivity contribution in [3.05, 3.63) is 11.6 Å². The third-order valence-electron chi connectivity index (χ3n) is 10.1. The van der Waals surface area contributed by atoms with Gasteiger partial charge in [0.25, 0.3) is 0 Å². The van der Waals surface area contributed by atoms with Crippen molar-refractivity contribution < 1.29 is 39.4 Å². The average molecular weight is 639 g/mol. The summed E-state index contributed by atoms with van der Waals surface area (Å²) in [5, 5.41) is 41.7. The van der Waals surface area contributed by atoms with Crippen molar-refractivity contribution in [1.29, 1.82) is 0 Å². The Morgan fingerprint density at radius 3 is 1.98 bits per heavy atom. The second-order valence-electron chi connectivity index (χ2n) is 14.2. The van der Waals surface area contributed by atoms with E-state index in [1.165, 1.54) is 38.5 Å². The van der Waals surface area contributed by atoms with Gasteiger partial charge in [0.1, 0.15) is 6.10 Å². The van der Waals surface area contributed by atoms with Gasteiger partial charge in [-0.3, -0.25) is 0 Å². The van der Waals surface area contributed by atoms with Crippen LogP contribution < -0.4 is 0 Å². The molecule has 45 heavy (non-hydrogen) atoms. The molecule has 0 spiro atoms. The number of rotatable bonds is 25. The zero-order valence-corrected chi connectivity index (χ0v) is 28.5. The van der Waals surface area contributed by atoms with Crippen molar-refractivity contribution in [3.63, 3.8) is 0 Å². The molecule has 0 saturated carbocycles. The molecule has 3 heterocycles. The molecule has 0 bridgehead atoms. The smallest absolute Gasteiger partial charge is 0.334 e. The van der Waals surface area contributed by atoms with Gasteiger partial charge in [-0.15, -0.1) is 0 Å². The fourth-order valence-electron chi connectivity index (χ4n) is 7.30. The molecule has 2 saturated heterocycles. The standard InChI is InChI=1S/C37H66O8/c1-3-4-5-6-7-8-9-12-18-31(39)32(40)19-15-14-17-30-21-22-35(44-30)36-24-23-34(45-36)33(41)20-13-10-11-16-29(38)26-28-25-27(2)43-37(28)42/h25,27,29-36,38-41H,3-24,26H2,1-2H3/t27-,29+,30-,31-,32+,33+,34+,35+,36+/m0/s1. The molecule has 0 unspecified atom stereocenters. The van der Waals surface area contributed by atoms with Crippen LogP contribution in [0.25, 0.3) is 0 Å². The molecular formula is C37H66O8. The third kappa shape index (κ3) is 14.7. The Balaban J connectivity index is 1.17. The van der Waals surface area contributed by atoms with E-state index in [1.807, 2.05) is 6.92 Å². The second kappa shape index (κ2) is 21.8. The normalized spacial score (nSPS) is 27.8. The van der Waals surface area contributed by atoms with E-state index in [2.05, 4.69) is 6.92 Å². The van der Waals surface area contributed by atoms with Crippen LogP contribution in [0.4, 0.5) is 0 Å². The highest BCUT2D eigenvalue weighted by Crippen LogP contribution is 2.34.